The largest absolute Gasteiger partial charge is 0.513 e. The van der Waals surface area contributed by atoms with E-state index in [9.17, 15) is 14.4 Å². The fourth-order valence-electron chi connectivity index (χ4n) is 3.23. The SMILES string of the molecule is CCOC(=O)Oc1ccc(C(=O)Nc2cccc(CNC(=O)c3c(OC)cccc3OC)c2)cc1. The quantitative estimate of drug-likeness (QED) is 0.346. The fourth-order valence-corrected chi connectivity index (χ4v) is 3.23. The highest BCUT2D eigenvalue weighted by atomic mass is 16.7. The van der Waals surface area contributed by atoms with Crippen molar-refractivity contribution in [1.29, 1.82) is 0 Å². The number of carbonyl (C=O) groups is 3. The molecule has 35 heavy (non-hydrogen) atoms. The van der Waals surface area contributed by atoms with E-state index in [0.29, 0.717) is 28.3 Å². The van der Waals surface area contributed by atoms with Crippen LogP contribution in [-0.4, -0.2) is 38.8 Å². The number of nitrogens with one attached hydrogen (secondary N) is 2. The number of methoxy groups -OCH3 is 2. The van der Waals surface area contributed by atoms with Gasteiger partial charge in [-0.2, -0.15) is 0 Å². The number of amides is 2. The number of carbonyl (C=O) groups excluding carboxylic acids is 3. The molecule has 0 saturated carbocycles. The standard InChI is InChI=1S/C26H26N2O7/c1-4-34-26(31)35-20-13-11-18(12-14-20)24(29)28-19-8-5-7-17(15-19)16-27-25(30)23-21(32-2)9-6-10-22(23)33-3/h5-15H,4,16H2,1-3H3,(H,27,30)(H,28,29). The maximum absolute atomic E-state index is 12.8. The van der Waals surface area contributed by atoms with Gasteiger partial charge in [-0.3, -0.25) is 9.59 Å². The Hall–Kier alpha value is -4.53. The molecular weight excluding hydrogens is 452 g/mol. The van der Waals surface area contributed by atoms with Crippen LogP contribution in [0, 0.1) is 0 Å². The van der Waals surface area contributed by atoms with Crippen molar-refractivity contribution in [2.24, 2.45) is 0 Å². The number of rotatable bonds is 9. The second-order valence-electron chi connectivity index (χ2n) is 7.18. The molecule has 0 aliphatic carbocycles. The van der Waals surface area contributed by atoms with E-state index >= 15 is 0 Å². The lowest BCUT2D eigenvalue weighted by Gasteiger charge is -2.13. The molecule has 9 nitrogen and oxygen atoms in total. The van der Waals surface area contributed by atoms with Gasteiger partial charge in [0.1, 0.15) is 22.8 Å². The molecule has 182 valence electrons. The van der Waals surface area contributed by atoms with Crippen LogP contribution >= 0.6 is 0 Å². The highest BCUT2D eigenvalue weighted by Gasteiger charge is 2.18. The first-order valence-corrected chi connectivity index (χ1v) is 10.8. The Kier molecular flexibility index (Phi) is 8.66. The minimum atomic E-state index is -0.808. The van der Waals surface area contributed by atoms with Crippen LogP contribution in [-0.2, 0) is 11.3 Å². The van der Waals surface area contributed by atoms with E-state index in [1.54, 1.807) is 43.3 Å². The van der Waals surface area contributed by atoms with E-state index in [1.165, 1.54) is 38.5 Å². The summed E-state index contributed by atoms with van der Waals surface area (Å²) in [6.45, 7) is 2.11. The van der Waals surface area contributed by atoms with Crippen LogP contribution < -0.4 is 24.8 Å². The average molecular weight is 479 g/mol. The summed E-state index contributed by atoms with van der Waals surface area (Å²) in [6, 6.07) is 18.3. The molecule has 0 bridgehead atoms. The van der Waals surface area contributed by atoms with Gasteiger partial charge >= 0.3 is 6.16 Å². The maximum atomic E-state index is 12.8. The lowest BCUT2D eigenvalue weighted by atomic mass is 10.1. The summed E-state index contributed by atoms with van der Waals surface area (Å²) in [5, 5.41) is 5.66. The van der Waals surface area contributed by atoms with Crippen molar-refractivity contribution in [2.45, 2.75) is 13.5 Å². The summed E-state index contributed by atoms with van der Waals surface area (Å²) in [5.74, 6) is 0.388. The second kappa shape index (κ2) is 12.1. The molecule has 3 rings (SSSR count). The van der Waals surface area contributed by atoms with Crippen LogP contribution in [0.25, 0.3) is 0 Å². The molecule has 0 aliphatic rings. The van der Waals surface area contributed by atoms with E-state index in [1.807, 2.05) is 6.07 Å². The Morgan fingerprint density at radius 1 is 0.829 bits per heavy atom. The molecule has 0 atom stereocenters. The van der Waals surface area contributed by atoms with E-state index in [-0.39, 0.29) is 30.7 Å². The number of hydrogen-bond acceptors (Lipinski definition) is 7. The summed E-state index contributed by atoms with van der Waals surface area (Å²) in [7, 11) is 2.97. The van der Waals surface area contributed by atoms with Crippen molar-refractivity contribution >= 4 is 23.7 Å². The first kappa shape index (κ1) is 25.1. The third-order valence-electron chi connectivity index (χ3n) is 4.87. The minimum absolute atomic E-state index is 0.205. The Labute approximate surface area is 203 Å². The summed E-state index contributed by atoms with van der Waals surface area (Å²) in [6.07, 6.45) is -0.808. The van der Waals surface area contributed by atoms with Crippen molar-refractivity contribution < 1.29 is 33.3 Å². The average Bonchev–Trinajstić information content (AvgIpc) is 2.87. The van der Waals surface area contributed by atoms with Crippen LogP contribution in [0.1, 0.15) is 33.2 Å². The Morgan fingerprint density at radius 2 is 1.49 bits per heavy atom. The van der Waals surface area contributed by atoms with Crippen LogP contribution in [0.2, 0.25) is 0 Å². The summed E-state index contributed by atoms with van der Waals surface area (Å²) >= 11 is 0. The molecule has 2 N–H and O–H groups in total. The molecule has 0 saturated heterocycles. The van der Waals surface area contributed by atoms with Gasteiger partial charge in [0.2, 0.25) is 0 Å². The Bertz CT molecular complexity index is 1170. The fraction of sp³-hybridized carbons (Fsp3) is 0.192. The number of anilines is 1. The van der Waals surface area contributed by atoms with Crippen molar-refractivity contribution in [3.8, 4) is 17.2 Å². The highest BCUT2D eigenvalue weighted by molar-refractivity contribution is 6.04. The van der Waals surface area contributed by atoms with Crippen LogP contribution in [0.5, 0.6) is 17.2 Å². The first-order valence-electron chi connectivity index (χ1n) is 10.8. The molecule has 3 aromatic carbocycles. The number of ether oxygens (including phenoxy) is 4. The van der Waals surface area contributed by atoms with Crippen LogP contribution in [0.15, 0.2) is 66.7 Å². The molecule has 0 heterocycles. The van der Waals surface area contributed by atoms with Gasteiger partial charge in [-0.05, 0) is 61.0 Å². The number of hydrogen-bond donors (Lipinski definition) is 2. The van der Waals surface area contributed by atoms with Gasteiger partial charge in [-0.1, -0.05) is 18.2 Å². The van der Waals surface area contributed by atoms with Crippen LogP contribution in [0.3, 0.4) is 0 Å². The van der Waals surface area contributed by atoms with E-state index in [4.69, 9.17) is 18.9 Å². The molecule has 0 unspecified atom stereocenters. The third-order valence-corrected chi connectivity index (χ3v) is 4.87. The van der Waals surface area contributed by atoms with Gasteiger partial charge in [0, 0.05) is 17.8 Å². The third kappa shape index (κ3) is 6.73. The minimum Gasteiger partial charge on any atom is -0.496 e. The Balaban J connectivity index is 1.62. The van der Waals surface area contributed by atoms with Gasteiger partial charge in [-0.25, -0.2) is 4.79 Å². The Morgan fingerprint density at radius 3 is 2.11 bits per heavy atom. The van der Waals surface area contributed by atoms with Crippen molar-refractivity contribution in [2.75, 3.05) is 26.1 Å². The molecule has 0 radical (unpaired) electrons. The number of benzene rings is 3. The predicted octanol–water partition coefficient (Wildman–Crippen LogP) is 4.42. The van der Waals surface area contributed by atoms with E-state index in [0.717, 1.165) is 5.56 Å². The molecule has 0 fully saturated rings. The molecule has 3 aromatic rings. The van der Waals surface area contributed by atoms with E-state index in [2.05, 4.69) is 10.6 Å². The second-order valence-corrected chi connectivity index (χ2v) is 7.18. The van der Waals surface area contributed by atoms with Crippen LogP contribution in [0.4, 0.5) is 10.5 Å². The monoisotopic (exact) mass is 478 g/mol. The van der Waals surface area contributed by atoms with Crippen molar-refractivity contribution in [3.63, 3.8) is 0 Å². The topological polar surface area (TPSA) is 112 Å². The predicted molar refractivity (Wildman–Crippen MR) is 129 cm³/mol. The van der Waals surface area contributed by atoms with Gasteiger partial charge < -0.3 is 29.6 Å². The van der Waals surface area contributed by atoms with Crippen molar-refractivity contribution in [1.82, 2.24) is 5.32 Å². The highest BCUT2D eigenvalue weighted by Crippen LogP contribution is 2.28. The first-order chi connectivity index (χ1) is 16.9. The zero-order valence-electron chi connectivity index (χ0n) is 19.6. The van der Waals surface area contributed by atoms with E-state index < -0.39 is 6.16 Å². The van der Waals surface area contributed by atoms with Crippen molar-refractivity contribution in [3.05, 3.63) is 83.4 Å². The molecular formula is C26H26N2O7. The van der Waals surface area contributed by atoms with Gasteiger partial charge in [0.15, 0.2) is 0 Å². The van der Waals surface area contributed by atoms with Gasteiger partial charge in [0.25, 0.3) is 11.8 Å². The summed E-state index contributed by atoms with van der Waals surface area (Å²) < 4.78 is 20.3. The maximum Gasteiger partial charge on any atom is 0.513 e. The molecule has 0 spiro atoms. The summed E-state index contributed by atoms with van der Waals surface area (Å²) in [5.41, 5.74) is 2.02. The molecule has 2 amide bonds. The lowest BCUT2D eigenvalue weighted by Crippen LogP contribution is -2.24. The van der Waals surface area contributed by atoms with Gasteiger partial charge in [-0.15, -0.1) is 0 Å². The molecule has 0 aromatic heterocycles. The van der Waals surface area contributed by atoms with Gasteiger partial charge in [0.05, 0.1) is 20.8 Å². The normalized spacial score (nSPS) is 10.1. The molecule has 9 heteroatoms. The lowest BCUT2D eigenvalue weighted by molar-refractivity contribution is 0.0942. The molecule has 0 aliphatic heterocycles. The zero-order valence-corrected chi connectivity index (χ0v) is 19.6. The summed E-state index contributed by atoms with van der Waals surface area (Å²) in [4.78, 5) is 36.8. The zero-order chi connectivity index (χ0) is 25.2. The smallest absolute Gasteiger partial charge is 0.496 e.